The van der Waals surface area contributed by atoms with Gasteiger partial charge in [-0.2, -0.15) is 5.10 Å². The van der Waals surface area contributed by atoms with Crippen LogP contribution < -0.4 is 0 Å². The molecule has 1 heterocycles. The van der Waals surface area contributed by atoms with Gasteiger partial charge in [-0.25, -0.2) is 4.79 Å². The van der Waals surface area contributed by atoms with E-state index in [2.05, 4.69) is 5.10 Å². The number of carbonyl (C=O) groups is 2. The number of ketones is 1. The lowest BCUT2D eigenvalue weighted by Gasteiger charge is -2.07. The molecular weight excluding hydrogens is 208 g/mol. The molecule has 0 unspecified atom stereocenters. The summed E-state index contributed by atoms with van der Waals surface area (Å²) in [5, 5.41) is 4.07. The minimum atomic E-state index is -0.496. The lowest BCUT2D eigenvalue weighted by molar-refractivity contribution is 0.0518. The van der Waals surface area contributed by atoms with Crippen molar-refractivity contribution in [2.45, 2.75) is 33.7 Å². The first-order valence-corrected chi connectivity index (χ1v) is 5.25. The number of carbonyl (C=O) groups excluding carboxylic acids is 2. The lowest BCUT2D eigenvalue weighted by Crippen LogP contribution is -2.11. The van der Waals surface area contributed by atoms with Crippen molar-refractivity contribution in [3.63, 3.8) is 0 Å². The van der Waals surface area contributed by atoms with Crippen LogP contribution >= 0.6 is 0 Å². The Bertz CT molecular complexity index is 407. The van der Waals surface area contributed by atoms with Gasteiger partial charge in [-0.05, 0) is 20.8 Å². The molecule has 0 N–H and O–H groups in total. The molecule has 1 rings (SSSR count). The van der Waals surface area contributed by atoms with E-state index in [4.69, 9.17) is 4.74 Å². The average Bonchev–Trinajstić information content (AvgIpc) is 2.62. The third-order valence-electron chi connectivity index (χ3n) is 2.07. The van der Waals surface area contributed by atoms with E-state index in [0.717, 1.165) is 0 Å². The fourth-order valence-electron chi connectivity index (χ4n) is 1.36. The fraction of sp³-hybridized carbons (Fsp3) is 0.545. The molecule has 0 saturated carbocycles. The summed E-state index contributed by atoms with van der Waals surface area (Å²) in [6, 6.07) is 1.50. The maximum Gasteiger partial charge on any atom is 0.358 e. The van der Waals surface area contributed by atoms with Crippen molar-refractivity contribution in [2.75, 3.05) is 6.61 Å². The van der Waals surface area contributed by atoms with Gasteiger partial charge in [0, 0.05) is 19.0 Å². The van der Waals surface area contributed by atoms with Crippen LogP contribution in [0.5, 0.6) is 0 Å². The minimum Gasteiger partial charge on any atom is -0.461 e. The minimum absolute atomic E-state index is 0.0297. The summed E-state index contributed by atoms with van der Waals surface area (Å²) >= 11 is 0. The van der Waals surface area contributed by atoms with Gasteiger partial charge in [0.15, 0.2) is 11.5 Å². The molecule has 0 aromatic carbocycles. The summed E-state index contributed by atoms with van der Waals surface area (Å²) in [4.78, 5) is 22.8. The highest BCUT2D eigenvalue weighted by molar-refractivity contribution is 5.96. The van der Waals surface area contributed by atoms with Crippen molar-refractivity contribution in [3.05, 3.63) is 17.5 Å². The third kappa shape index (κ3) is 2.48. The van der Waals surface area contributed by atoms with Crippen LogP contribution in [-0.2, 0) is 4.74 Å². The maximum atomic E-state index is 11.4. The molecule has 0 amide bonds. The molecule has 5 nitrogen and oxygen atoms in total. The number of rotatable bonds is 4. The topological polar surface area (TPSA) is 61.2 Å². The monoisotopic (exact) mass is 224 g/mol. The van der Waals surface area contributed by atoms with Gasteiger partial charge in [-0.15, -0.1) is 0 Å². The van der Waals surface area contributed by atoms with Crippen LogP contribution in [0.4, 0.5) is 0 Å². The smallest absolute Gasteiger partial charge is 0.358 e. The fourth-order valence-corrected chi connectivity index (χ4v) is 1.36. The first-order chi connectivity index (χ1) is 7.47. The van der Waals surface area contributed by atoms with E-state index in [-0.39, 0.29) is 17.5 Å². The van der Waals surface area contributed by atoms with E-state index in [1.165, 1.54) is 17.7 Å². The summed E-state index contributed by atoms with van der Waals surface area (Å²) in [5.41, 5.74) is 0.610. The Balaban J connectivity index is 3.11. The molecule has 16 heavy (non-hydrogen) atoms. The van der Waals surface area contributed by atoms with E-state index in [1.54, 1.807) is 6.92 Å². The highest BCUT2D eigenvalue weighted by Gasteiger charge is 2.18. The van der Waals surface area contributed by atoms with Crippen LogP contribution in [0, 0.1) is 0 Å². The van der Waals surface area contributed by atoms with Gasteiger partial charge in [-0.1, -0.05) is 0 Å². The molecule has 1 aromatic rings. The predicted molar refractivity (Wildman–Crippen MR) is 58.6 cm³/mol. The van der Waals surface area contributed by atoms with E-state index in [9.17, 15) is 9.59 Å². The van der Waals surface area contributed by atoms with Crippen LogP contribution in [0.1, 0.15) is 54.7 Å². The van der Waals surface area contributed by atoms with Crippen molar-refractivity contribution >= 4 is 11.8 Å². The Hall–Kier alpha value is -1.65. The molecule has 0 saturated heterocycles. The van der Waals surface area contributed by atoms with Crippen molar-refractivity contribution in [3.8, 4) is 0 Å². The Labute approximate surface area is 94.4 Å². The Morgan fingerprint density at radius 3 is 2.50 bits per heavy atom. The van der Waals surface area contributed by atoms with Crippen molar-refractivity contribution < 1.29 is 14.3 Å². The first kappa shape index (κ1) is 12.4. The Morgan fingerprint density at radius 2 is 2.12 bits per heavy atom. The zero-order valence-corrected chi connectivity index (χ0v) is 9.98. The second kappa shape index (κ2) is 4.92. The van der Waals surface area contributed by atoms with Gasteiger partial charge in [0.1, 0.15) is 5.69 Å². The number of ether oxygens (including phenoxy) is 1. The summed E-state index contributed by atoms with van der Waals surface area (Å²) in [6.07, 6.45) is 0. The normalized spacial score (nSPS) is 10.6. The largest absolute Gasteiger partial charge is 0.461 e. The molecule has 0 aliphatic rings. The van der Waals surface area contributed by atoms with Crippen LogP contribution in [0.25, 0.3) is 0 Å². The summed E-state index contributed by atoms with van der Waals surface area (Å²) in [5.74, 6) is -0.610. The quantitative estimate of drug-likeness (QED) is 0.578. The third-order valence-corrected chi connectivity index (χ3v) is 2.07. The van der Waals surface area contributed by atoms with Crippen molar-refractivity contribution in [2.24, 2.45) is 0 Å². The molecule has 0 aliphatic heterocycles. The molecular formula is C11H16N2O3. The van der Waals surface area contributed by atoms with Crippen LogP contribution in [0.3, 0.4) is 0 Å². The SMILES string of the molecule is CCOC(=O)c1cc(C(C)=O)n(C(C)C)n1. The molecule has 0 spiro atoms. The number of hydrogen-bond acceptors (Lipinski definition) is 4. The zero-order valence-electron chi connectivity index (χ0n) is 9.98. The van der Waals surface area contributed by atoms with Crippen LogP contribution in [0.2, 0.25) is 0 Å². The molecule has 88 valence electrons. The molecule has 5 heteroatoms. The zero-order chi connectivity index (χ0) is 12.3. The van der Waals surface area contributed by atoms with Crippen LogP contribution in [0.15, 0.2) is 6.07 Å². The van der Waals surface area contributed by atoms with E-state index >= 15 is 0 Å². The van der Waals surface area contributed by atoms with E-state index < -0.39 is 5.97 Å². The standard InChI is InChI=1S/C11H16N2O3/c1-5-16-11(15)9-6-10(8(4)14)13(12-9)7(2)3/h6-7H,5H2,1-4H3. The molecule has 1 aromatic heterocycles. The van der Waals surface area contributed by atoms with Gasteiger partial charge in [0.05, 0.1) is 6.61 Å². The van der Waals surface area contributed by atoms with Crippen molar-refractivity contribution in [1.29, 1.82) is 0 Å². The molecule has 0 atom stereocenters. The van der Waals surface area contributed by atoms with Gasteiger partial charge >= 0.3 is 5.97 Å². The molecule has 0 aliphatic carbocycles. The van der Waals surface area contributed by atoms with Crippen LogP contribution in [-0.4, -0.2) is 28.1 Å². The lowest BCUT2D eigenvalue weighted by atomic mass is 10.2. The second-order valence-corrected chi connectivity index (χ2v) is 3.73. The number of hydrogen-bond donors (Lipinski definition) is 0. The first-order valence-electron chi connectivity index (χ1n) is 5.25. The van der Waals surface area contributed by atoms with Gasteiger partial charge in [0.2, 0.25) is 0 Å². The van der Waals surface area contributed by atoms with Gasteiger partial charge in [0.25, 0.3) is 0 Å². The van der Waals surface area contributed by atoms with Crippen molar-refractivity contribution in [1.82, 2.24) is 9.78 Å². The van der Waals surface area contributed by atoms with Gasteiger partial charge in [-0.3, -0.25) is 9.48 Å². The van der Waals surface area contributed by atoms with Gasteiger partial charge < -0.3 is 4.74 Å². The predicted octanol–water partition coefficient (Wildman–Crippen LogP) is 1.84. The average molecular weight is 224 g/mol. The second-order valence-electron chi connectivity index (χ2n) is 3.73. The van der Waals surface area contributed by atoms with E-state index in [1.807, 2.05) is 13.8 Å². The molecule has 0 fully saturated rings. The number of Topliss-reactive ketones (excluding diaryl/α,β-unsaturated/α-hetero) is 1. The highest BCUT2D eigenvalue weighted by Crippen LogP contribution is 2.12. The number of nitrogens with zero attached hydrogens (tertiary/aromatic N) is 2. The summed E-state index contributed by atoms with van der Waals surface area (Å²) < 4.78 is 6.37. The molecule has 0 radical (unpaired) electrons. The molecule has 0 bridgehead atoms. The summed E-state index contributed by atoms with van der Waals surface area (Å²) in [6.45, 7) is 7.26. The van der Waals surface area contributed by atoms with E-state index in [0.29, 0.717) is 12.3 Å². The number of aromatic nitrogens is 2. The highest BCUT2D eigenvalue weighted by atomic mass is 16.5. The summed E-state index contributed by atoms with van der Waals surface area (Å²) in [7, 11) is 0. The maximum absolute atomic E-state index is 11.4. The Morgan fingerprint density at radius 1 is 1.50 bits per heavy atom. The number of esters is 1. The Kier molecular flexibility index (Phi) is 3.82.